The Morgan fingerprint density at radius 1 is 0.328 bits per heavy atom. The molecular formula is C56H50O2. The molecule has 0 aliphatic carbocycles. The van der Waals surface area contributed by atoms with Gasteiger partial charge in [0.1, 0.15) is 11.5 Å². The van der Waals surface area contributed by atoms with Gasteiger partial charge in [-0.15, -0.1) is 0 Å². The van der Waals surface area contributed by atoms with Gasteiger partial charge in [0, 0.05) is 40.0 Å². The lowest BCUT2D eigenvalue weighted by molar-refractivity contribution is 0.456. The van der Waals surface area contributed by atoms with Crippen LogP contribution < -0.4 is 0 Å². The maximum Gasteiger partial charge on any atom is 0.123 e. The standard InChI is InChI=1S/C30H30O.C26H20O/c1-21(24-13-7-4-8-14-24)27-19-28(22(2)25-15-9-5-10-16-25)30(31)29(20-27)23(3)26-17-11-6-12-18-26;27-24-19-11-10-18-23(24)26(22-16-8-3-9-17-22)25(20-12-4-1-5-13-20)21-14-6-2-7-15-21/h4-23,31H,1-3H3;1-19,27H. The van der Waals surface area contributed by atoms with Crippen molar-refractivity contribution < 1.29 is 10.2 Å². The molecule has 0 saturated carbocycles. The molecule has 0 aromatic heterocycles. The number of benzene rings is 8. The van der Waals surface area contributed by atoms with Crippen molar-refractivity contribution in [3.63, 3.8) is 0 Å². The predicted octanol–water partition coefficient (Wildman–Crippen LogP) is 14.2. The number of hydrogen-bond donors (Lipinski definition) is 2. The quantitative estimate of drug-likeness (QED) is 0.137. The van der Waals surface area contributed by atoms with E-state index in [1.165, 1.54) is 22.3 Å². The normalized spacial score (nSPS) is 12.3. The van der Waals surface area contributed by atoms with Crippen LogP contribution in [0.5, 0.6) is 11.5 Å². The molecule has 0 bridgehead atoms. The molecule has 2 nitrogen and oxygen atoms in total. The summed E-state index contributed by atoms with van der Waals surface area (Å²) in [5, 5.41) is 22.1. The average molecular weight is 755 g/mol. The van der Waals surface area contributed by atoms with Gasteiger partial charge in [-0.25, -0.2) is 0 Å². The van der Waals surface area contributed by atoms with E-state index in [9.17, 15) is 10.2 Å². The summed E-state index contributed by atoms with van der Waals surface area (Å²) in [4.78, 5) is 0. The summed E-state index contributed by atoms with van der Waals surface area (Å²) in [6.45, 7) is 6.60. The third-order valence-corrected chi connectivity index (χ3v) is 11.1. The van der Waals surface area contributed by atoms with Crippen LogP contribution in [0.15, 0.2) is 218 Å². The van der Waals surface area contributed by atoms with Gasteiger partial charge in [-0.3, -0.25) is 0 Å². The summed E-state index contributed by atoms with van der Waals surface area (Å²) in [5.74, 6) is 1.14. The van der Waals surface area contributed by atoms with E-state index in [0.29, 0.717) is 5.75 Å². The average Bonchev–Trinajstić information content (AvgIpc) is 3.30. The molecule has 58 heavy (non-hydrogen) atoms. The minimum atomic E-state index is 0.103. The Morgan fingerprint density at radius 3 is 1.02 bits per heavy atom. The Morgan fingerprint density at radius 2 is 0.638 bits per heavy atom. The van der Waals surface area contributed by atoms with Crippen molar-refractivity contribution in [1.82, 2.24) is 0 Å². The molecular weight excluding hydrogens is 705 g/mol. The number of hydrogen-bond acceptors (Lipinski definition) is 2. The summed E-state index contributed by atoms with van der Waals surface area (Å²) in [7, 11) is 0. The van der Waals surface area contributed by atoms with Crippen LogP contribution in [-0.2, 0) is 0 Å². The lowest BCUT2D eigenvalue weighted by atomic mass is 9.82. The molecule has 0 fully saturated rings. The minimum Gasteiger partial charge on any atom is -0.507 e. The molecule has 2 N–H and O–H groups in total. The first kappa shape index (κ1) is 39.3. The van der Waals surface area contributed by atoms with Crippen LogP contribution in [-0.4, -0.2) is 10.2 Å². The third-order valence-electron chi connectivity index (χ3n) is 11.1. The molecule has 8 rings (SSSR count). The molecule has 3 unspecified atom stereocenters. The van der Waals surface area contributed by atoms with Gasteiger partial charge in [-0.2, -0.15) is 0 Å². The lowest BCUT2D eigenvalue weighted by Gasteiger charge is -2.24. The Bertz CT molecular complexity index is 2420. The van der Waals surface area contributed by atoms with E-state index < -0.39 is 0 Å². The first-order chi connectivity index (χ1) is 28.4. The number of phenols is 2. The molecule has 0 aliphatic rings. The van der Waals surface area contributed by atoms with E-state index in [4.69, 9.17) is 0 Å². The zero-order chi connectivity index (χ0) is 40.3. The van der Waals surface area contributed by atoms with Crippen molar-refractivity contribution in [3.8, 4) is 11.5 Å². The molecule has 0 amide bonds. The van der Waals surface area contributed by atoms with Crippen LogP contribution in [0, 0.1) is 0 Å². The zero-order valence-corrected chi connectivity index (χ0v) is 33.4. The fourth-order valence-electron chi connectivity index (χ4n) is 7.78. The van der Waals surface area contributed by atoms with Crippen molar-refractivity contribution in [1.29, 1.82) is 0 Å². The summed E-state index contributed by atoms with van der Waals surface area (Å²) in [6, 6.07) is 74.3. The van der Waals surface area contributed by atoms with Gasteiger partial charge in [-0.1, -0.05) is 233 Å². The van der Waals surface area contributed by atoms with Crippen molar-refractivity contribution >= 4 is 11.1 Å². The number of para-hydroxylation sites is 1. The summed E-state index contributed by atoms with van der Waals surface area (Å²) in [5.41, 5.74) is 13.2. The van der Waals surface area contributed by atoms with E-state index >= 15 is 0 Å². The fraction of sp³-hybridized carbons (Fsp3) is 0.107. The topological polar surface area (TPSA) is 40.5 Å². The van der Waals surface area contributed by atoms with E-state index in [2.05, 4.69) is 148 Å². The molecule has 0 radical (unpaired) electrons. The van der Waals surface area contributed by atoms with Gasteiger partial charge in [0.25, 0.3) is 0 Å². The van der Waals surface area contributed by atoms with Crippen LogP contribution in [0.1, 0.15) is 94.2 Å². The molecule has 2 heteroatoms. The van der Waals surface area contributed by atoms with Crippen LogP contribution in [0.4, 0.5) is 0 Å². The van der Waals surface area contributed by atoms with E-state index in [1.54, 1.807) is 6.07 Å². The van der Waals surface area contributed by atoms with Gasteiger partial charge in [0.15, 0.2) is 0 Å². The second-order valence-corrected chi connectivity index (χ2v) is 14.8. The fourth-order valence-corrected chi connectivity index (χ4v) is 7.78. The van der Waals surface area contributed by atoms with E-state index in [-0.39, 0.29) is 23.5 Å². The second-order valence-electron chi connectivity index (χ2n) is 14.8. The van der Waals surface area contributed by atoms with Crippen LogP contribution >= 0.6 is 0 Å². The van der Waals surface area contributed by atoms with Crippen LogP contribution in [0.3, 0.4) is 0 Å². The third kappa shape index (κ3) is 9.04. The van der Waals surface area contributed by atoms with Gasteiger partial charge in [0.2, 0.25) is 0 Å². The van der Waals surface area contributed by atoms with Crippen LogP contribution in [0.25, 0.3) is 11.1 Å². The van der Waals surface area contributed by atoms with Crippen molar-refractivity contribution in [2.45, 2.75) is 38.5 Å². The van der Waals surface area contributed by atoms with Crippen LogP contribution in [0.2, 0.25) is 0 Å². The maximum atomic E-state index is 11.4. The Kier molecular flexibility index (Phi) is 12.8. The van der Waals surface area contributed by atoms with Crippen molar-refractivity contribution in [3.05, 3.63) is 274 Å². The lowest BCUT2D eigenvalue weighted by Crippen LogP contribution is -2.06. The SMILES string of the molecule is CC(c1ccccc1)c1cc(C(C)c2ccccc2)c(O)c(C(C)c2ccccc2)c1.Oc1ccccc1C(=C(c1ccccc1)c1ccccc1)c1ccccc1. The smallest absolute Gasteiger partial charge is 0.123 e. The molecule has 286 valence electrons. The summed E-state index contributed by atoms with van der Waals surface area (Å²) < 4.78 is 0. The minimum absolute atomic E-state index is 0.103. The zero-order valence-electron chi connectivity index (χ0n) is 33.4. The molecule has 0 spiro atoms. The molecule has 0 aliphatic heterocycles. The van der Waals surface area contributed by atoms with E-state index in [0.717, 1.165) is 44.5 Å². The first-order valence-electron chi connectivity index (χ1n) is 20.1. The maximum absolute atomic E-state index is 11.4. The molecule has 0 saturated heterocycles. The number of aromatic hydroxyl groups is 2. The molecule has 0 heterocycles. The van der Waals surface area contributed by atoms with Gasteiger partial charge < -0.3 is 10.2 Å². The number of phenolic OH excluding ortho intramolecular Hbond substituents is 2. The predicted molar refractivity (Wildman–Crippen MR) is 242 cm³/mol. The highest BCUT2D eigenvalue weighted by Crippen LogP contribution is 2.42. The molecule has 3 atom stereocenters. The highest BCUT2D eigenvalue weighted by atomic mass is 16.3. The van der Waals surface area contributed by atoms with Gasteiger partial charge >= 0.3 is 0 Å². The largest absolute Gasteiger partial charge is 0.507 e. The summed E-state index contributed by atoms with van der Waals surface area (Å²) >= 11 is 0. The first-order valence-corrected chi connectivity index (χ1v) is 20.1. The van der Waals surface area contributed by atoms with Crippen molar-refractivity contribution in [2.75, 3.05) is 0 Å². The Labute approximate surface area is 344 Å². The Hall–Kier alpha value is -6.90. The van der Waals surface area contributed by atoms with Crippen molar-refractivity contribution in [2.24, 2.45) is 0 Å². The Balaban J connectivity index is 0.000000178. The van der Waals surface area contributed by atoms with Gasteiger partial charge in [-0.05, 0) is 50.6 Å². The summed E-state index contributed by atoms with van der Waals surface area (Å²) in [6.07, 6.45) is 0. The second kappa shape index (κ2) is 18.8. The van der Waals surface area contributed by atoms with Gasteiger partial charge in [0.05, 0.1) is 0 Å². The van der Waals surface area contributed by atoms with E-state index in [1.807, 2.05) is 84.9 Å². The highest BCUT2D eigenvalue weighted by molar-refractivity contribution is 6.05. The molecule has 8 aromatic rings. The molecule has 8 aromatic carbocycles. The highest BCUT2D eigenvalue weighted by Gasteiger charge is 2.23. The number of rotatable bonds is 10. The monoisotopic (exact) mass is 754 g/mol.